The van der Waals surface area contributed by atoms with E-state index in [1.807, 2.05) is 24.3 Å². The summed E-state index contributed by atoms with van der Waals surface area (Å²) in [7, 11) is -3.62. The van der Waals surface area contributed by atoms with Gasteiger partial charge in [-0.1, -0.05) is 41.7 Å². The number of nitrogens with one attached hydrogen (secondary N) is 1. The average molecular weight is 291 g/mol. The molecule has 0 aliphatic heterocycles. The first-order valence-electron chi connectivity index (χ1n) is 5.43. The molecule has 5 nitrogen and oxygen atoms in total. The molecule has 0 aliphatic carbocycles. The van der Waals surface area contributed by atoms with E-state index in [2.05, 4.69) is 14.9 Å². The van der Waals surface area contributed by atoms with Crippen LogP contribution in [0.2, 0.25) is 0 Å². The number of sulfonamides is 1. The van der Waals surface area contributed by atoms with Gasteiger partial charge in [-0.15, -0.1) is 10.2 Å². The van der Waals surface area contributed by atoms with Crippen LogP contribution in [-0.4, -0.2) is 18.6 Å². The Morgan fingerprint density at radius 3 is 2.58 bits per heavy atom. The van der Waals surface area contributed by atoms with Crippen molar-refractivity contribution in [3.05, 3.63) is 48.0 Å². The standard InChI is InChI=1S/C12H9N3O2S2/c16-19(17,15-12-14-13-8-18-12)11-6-5-9-3-1-2-4-10(9)7-11/h1-8H,(H,14,15). The van der Waals surface area contributed by atoms with Crippen molar-refractivity contribution in [3.8, 4) is 0 Å². The van der Waals surface area contributed by atoms with Crippen molar-refractivity contribution in [3.63, 3.8) is 0 Å². The Kier molecular flexibility index (Phi) is 2.92. The Morgan fingerprint density at radius 2 is 1.84 bits per heavy atom. The number of fused-ring (bicyclic) bond motifs is 1. The highest BCUT2D eigenvalue weighted by Gasteiger charge is 2.15. The smallest absolute Gasteiger partial charge is 0.253 e. The van der Waals surface area contributed by atoms with Gasteiger partial charge < -0.3 is 0 Å². The zero-order chi connectivity index (χ0) is 13.3. The van der Waals surface area contributed by atoms with Crippen molar-refractivity contribution < 1.29 is 8.42 Å². The minimum Gasteiger partial charge on any atom is -0.253 e. The van der Waals surface area contributed by atoms with E-state index in [9.17, 15) is 8.42 Å². The second-order valence-electron chi connectivity index (χ2n) is 3.86. The molecule has 1 heterocycles. The summed E-state index contributed by atoms with van der Waals surface area (Å²) >= 11 is 1.14. The fourth-order valence-corrected chi connectivity index (χ4v) is 3.45. The van der Waals surface area contributed by atoms with Crippen molar-refractivity contribution in [1.29, 1.82) is 0 Å². The van der Waals surface area contributed by atoms with Crippen LogP contribution in [0.15, 0.2) is 52.9 Å². The largest absolute Gasteiger partial charge is 0.263 e. The van der Waals surface area contributed by atoms with Crippen LogP contribution in [0.5, 0.6) is 0 Å². The summed E-state index contributed by atoms with van der Waals surface area (Å²) in [6, 6.07) is 12.6. The molecule has 96 valence electrons. The number of hydrogen-bond acceptors (Lipinski definition) is 5. The van der Waals surface area contributed by atoms with Crippen LogP contribution in [0.4, 0.5) is 5.13 Å². The van der Waals surface area contributed by atoms with Crippen LogP contribution in [0.1, 0.15) is 0 Å². The number of aromatic nitrogens is 2. The third-order valence-corrected chi connectivity index (χ3v) is 4.69. The van der Waals surface area contributed by atoms with Gasteiger partial charge in [0, 0.05) is 0 Å². The number of rotatable bonds is 3. The average Bonchev–Trinajstić information content (AvgIpc) is 2.90. The summed E-state index contributed by atoms with van der Waals surface area (Å²) in [4.78, 5) is 0.210. The van der Waals surface area contributed by atoms with Crippen LogP contribution >= 0.6 is 11.3 Å². The second-order valence-corrected chi connectivity index (χ2v) is 6.37. The molecule has 0 aliphatic rings. The predicted octanol–water partition coefficient (Wildman–Crippen LogP) is 2.49. The lowest BCUT2D eigenvalue weighted by Crippen LogP contribution is -2.12. The van der Waals surface area contributed by atoms with E-state index in [0.717, 1.165) is 22.1 Å². The summed E-state index contributed by atoms with van der Waals surface area (Å²) in [6.45, 7) is 0. The third kappa shape index (κ3) is 2.42. The Bertz CT molecular complexity index is 814. The van der Waals surface area contributed by atoms with Gasteiger partial charge in [0.05, 0.1) is 4.90 Å². The highest BCUT2D eigenvalue weighted by molar-refractivity contribution is 7.93. The molecule has 3 aromatic rings. The number of hydrogen-bond donors (Lipinski definition) is 1. The van der Waals surface area contributed by atoms with Crippen molar-refractivity contribution >= 4 is 37.3 Å². The minimum absolute atomic E-state index is 0.210. The van der Waals surface area contributed by atoms with Gasteiger partial charge in [-0.3, -0.25) is 4.72 Å². The van der Waals surface area contributed by atoms with E-state index >= 15 is 0 Å². The molecule has 0 bridgehead atoms. The van der Waals surface area contributed by atoms with E-state index in [-0.39, 0.29) is 10.0 Å². The molecule has 0 fully saturated rings. The van der Waals surface area contributed by atoms with Crippen LogP contribution in [0.25, 0.3) is 10.8 Å². The van der Waals surface area contributed by atoms with Crippen LogP contribution in [-0.2, 0) is 10.0 Å². The quantitative estimate of drug-likeness (QED) is 0.804. The molecule has 0 spiro atoms. The van der Waals surface area contributed by atoms with Gasteiger partial charge >= 0.3 is 0 Å². The molecule has 1 aromatic heterocycles. The van der Waals surface area contributed by atoms with E-state index in [1.54, 1.807) is 18.2 Å². The van der Waals surface area contributed by atoms with Gasteiger partial charge in [0.2, 0.25) is 5.13 Å². The summed E-state index contributed by atoms with van der Waals surface area (Å²) in [5.74, 6) is 0. The molecule has 0 unspecified atom stereocenters. The van der Waals surface area contributed by atoms with Gasteiger partial charge in [-0.25, -0.2) is 8.42 Å². The van der Waals surface area contributed by atoms with Gasteiger partial charge in [-0.05, 0) is 22.9 Å². The monoisotopic (exact) mass is 291 g/mol. The zero-order valence-corrected chi connectivity index (χ0v) is 11.3. The summed E-state index contributed by atoms with van der Waals surface area (Å²) in [5, 5.41) is 9.39. The lowest BCUT2D eigenvalue weighted by Gasteiger charge is -2.06. The topological polar surface area (TPSA) is 72.0 Å². The number of benzene rings is 2. The lowest BCUT2D eigenvalue weighted by atomic mass is 10.1. The molecule has 0 radical (unpaired) electrons. The Balaban J connectivity index is 2.03. The molecule has 2 aromatic carbocycles. The molecule has 0 saturated heterocycles. The molecule has 19 heavy (non-hydrogen) atoms. The first-order valence-corrected chi connectivity index (χ1v) is 7.79. The fraction of sp³-hybridized carbons (Fsp3) is 0. The number of nitrogens with zero attached hydrogens (tertiary/aromatic N) is 2. The maximum atomic E-state index is 12.2. The summed E-state index contributed by atoms with van der Waals surface area (Å²) < 4.78 is 26.7. The Morgan fingerprint density at radius 1 is 1.05 bits per heavy atom. The first-order chi connectivity index (χ1) is 9.15. The highest BCUT2D eigenvalue weighted by Crippen LogP contribution is 2.21. The van der Waals surface area contributed by atoms with E-state index in [4.69, 9.17) is 0 Å². The molecule has 3 rings (SSSR count). The molecule has 0 amide bonds. The molecular weight excluding hydrogens is 282 g/mol. The van der Waals surface area contributed by atoms with E-state index in [1.165, 1.54) is 5.51 Å². The predicted molar refractivity (Wildman–Crippen MR) is 74.7 cm³/mol. The highest BCUT2D eigenvalue weighted by atomic mass is 32.2. The Labute approximate surface area is 114 Å². The lowest BCUT2D eigenvalue weighted by molar-refractivity contribution is 0.601. The van der Waals surface area contributed by atoms with E-state index in [0.29, 0.717) is 0 Å². The molecule has 7 heteroatoms. The Hall–Kier alpha value is -1.99. The zero-order valence-electron chi connectivity index (χ0n) is 9.65. The molecule has 0 atom stereocenters. The van der Waals surface area contributed by atoms with Crippen molar-refractivity contribution in [1.82, 2.24) is 10.2 Å². The second kappa shape index (κ2) is 4.60. The number of anilines is 1. The molecular formula is C12H9N3O2S2. The maximum absolute atomic E-state index is 12.2. The maximum Gasteiger partial charge on any atom is 0.263 e. The SMILES string of the molecule is O=S(=O)(Nc1nncs1)c1ccc2ccccc2c1. The fourth-order valence-electron chi connectivity index (χ4n) is 1.73. The third-order valence-electron chi connectivity index (χ3n) is 2.61. The van der Waals surface area contributed by atoms with Gasteiger partial charge in [0.1, 0.15) is 5.51 Å². The minimum atomic E-state index is -3.62. The molecule has 1 N–H and O–H groups in total. The molecule has 0 saturated carbocycles. The van der Waals surface area contributed by atoms with Gasteiger partial charge in [0.15, 0.2) is 0 Å². The summed E-state index contributed by atoms with van der Waals surface area (Å²) in [6.07, 6.45) is 0. The van der Waals surface area contributed by atoms with Crippen molar-refractivity contribution in [2.24, 2.45) is 0 Å². The van der Waals surface area contributed by atoms with Crippen LogP contribution < -0.4 is 4.72 Å². The van der Waals surface area contributed by atoms with Gasteiger partial charge in [-0.2, -0.15) is 0 Å². The van der Waals surface area contributed by atoms with Crippen molar-refractivity contribution in [2.75, 3.05) is 4.72 Å². The van der Waals surface area contributed by atoms with Gasteiger partial charge in [0.25, 0.3) is 10.0 Å². The normalized spacial score (nSPS) is 11.6. The van der Waals surface area contributed by atoms with Crippen molar-refractivity contribution in [2.45, 2.75) is 4.90 Å². The van der Waals surface area contributed by atoms with E-state index < -0.39 is 10.0 Å². The van der Waals surface area contributed by atoms with Crippen LogP contribution in [0, 0.1) is 0 Å². The summed E-state index contributed by atoms with van der Waals surface area (Å²) in [5.41, 5.74) is 1.47. The van der Waals surface area contributed by atoms with Crippen LogP contribution in [0.3, 0.4) is 0 Å². The first kappa shape index (κ1) is 12.1.